The molecule has 1 aliphatic rings. The second-order valence-electron chi connectivity index (χ2n) is 6.20. The summed E-state index contributed by atoms with van der Waals surface area (Å²) in [6, 6.07) is 16.0. The number of hydrogen-bond donors (Lipinski definition) is 2. The van der Waals surface area contributed by atoms with Crippen molar-refractivity contribution in [3.05, 3.63) is 71.2 Å². The van der Waals surface area contributed by atoms with Gasteiger partial charge in [-0.05, 0) is 35.2 Å². The molecule has 3 heterocycles. The lowest BCUT2D eigenvalue weighted by Crippen LogP contribution is -2.27. The number of amides is 1. The Morgan fingerprint density at radius 3 is 2.84 bits per heavy atom. The molecule has 2 aromatic heterocycles. The third-order valence-electron chi connectivity index (χ3n) is 4.58. The van der Waals surface area contributed by atoms with Crippen molar-refractivity contribution >= 4 is 22.9 Å². The molecule has 4 rings (SSSR count). The summed E-state index contributed by atoms with van der Waals surface area (Å²) in [5.41, 5.74) is 2.91. The highest BCUT2D eigenvalue weighted by molar-refractivity contribution is 7.10. The molecule has 1 amide bonds. The average Bonchev–Trinajstić information content (AvgIpc) is 3.34. The van der Waals surface area contributed by atoms with Crippen molar-refractivity contribution in [2.24, 2.45) is 5.92 Å². The van der Waals surface area contributed by atoms with Crippen LogP contribution >= 0.6 is 11.3 Å². The van der Waals surface area contributed by atoms with Crippen molar-refractivity contribution < 1.29 is 4.79 Å². The molecule has 3 aromatic rings. The van der Waals surface area contributed by atoms with E-state index >= 15 is 0 Å². The average molecular weight is 349 g/mol. The van der Waals surface area contributed by atoms with E-state index < -0.39 is 0 Å². The van der Waals surface area contributed by atoms with Crippen LogP contribution in [0.15, 0.2) is 66.3 Å². The molecule has 2 N–H and O–H groups in total. The molecule has 0 bridgehead atoms. The molecular weight excluding hydrogens is 330 g/mol. The summed E-state index contributed by atoms with van der Waals surface area (Å²) in [7, 11) is 0. The molecule has 0 radical (unpaired) electrons. The van der Waals surface area contributed by atoms with E-state index in [1.54, 1.807) is 17.5 Å². The van der Waals surface area contributed by atoms with Crippen LogP contribution in [0.5, 0.6) is 0 Å². The van der Waals surface area contributed by atoms with E-state index in [0.29, 0.717) is 0 Å². The predicted molar refractivity (Wildman–Crippen MR) is 102 cm³/mol. The Kier molecular flexibility index (Phi) is 4.59. The van der Waals surface area contributed by atoms with Crippen LogP contribution in [0.25, 0.3) is 11.1 Å². The van der Waals surface area contributed by atoms with Gasteiger partial charge in [-0.25, -0.2) is 0 Å². The largest absolute Gasteiger partial charge is 0.326 e. The van der Waals surface area contributed by atoms with Gasteiger partial charge in [0.2, 0.25) is 5.91 Å². The molecular formula is C20H19N3OS. The fourth-order valence-electron chi connectivity index (χ4n) is 3.30. The van der Waals surface area contributed by atoms with Gasteiger partial charge in [-0.15, -0.1) is 11.3 Å². The van der Waals surface area contributed by atoms with Gasteiger partial charge >= 0.3 is 0 Å². The van der Waals surface area contributed by atoms with E-state index in [4.69, 9.17) is 0 Å². The molecule has 4 nitrogen and oxygen atoms in total. The van der Waals surface area contributed by atoms with Gasteiger partial charge in [-0.3, -0.25) is 9.78 Å². The zero-order chi connectivity index (χ0) is 17.1. The summed E-state index contributed by atoms with van der Waals surface area (Å²) in [6.45, 7) is 1.57. The maximum Gasteiger partial charge on any atom is 0.229 e. The molecule has 0 aliphatic carbocycles. The molecule has 0 saturated carbocycles. The Hall–Kier alpha value is -2.50. The summed E-state index contributed by atoms with van der Waals surface area (Å²) in [6.07, 6.45) is 3.58. The number of anilines is 1. The number of benzene rings is 1. The molecule has 0 unspecified atom stereocenters. The summed E-state index contributed by atoms with van der Waals surface area (Å²) >= 11 is 1.72. The Morgan fingerprint density at radius 1 is 1.12 bits per heavy atom. The predicted octanol–water partition coefficient (Wildman–Crippen LogP) is 3.75. The number of nitrogens with zero attached hydrogens (tertiary/aromatic N) is 1. The quantitative estimate of drug-likeness (QED) is 0.754. The lowest BCUT2D eigenvalue weighted by molar-refractivity contribution is -0.119. The number of hydrogen-bond acceptors (Lipinski definition) is 4. The van der Waals surface area contributed by atoms with Crippen molar-refractivity contribution in [1.29, 1.82) is 0 Å². The fraction of sp³-hybridized carbons (Fsp3) is 0.200. The van der Waals surface area contributed by atoms with Crippen LogP contribution in [-0.2, 0) is 4.79 Å². The lowest BCUT2D eigenvalue weighted by atomic mass is 9.93. The highest BCUT2D eigenvalue weighted by Gasteiger charge is 2.34. The van der Waals surface area contributed by atoms with E-state index in [1.165, 1.54) is 4.88 Å². The van der Waals surface area contributed by atoms with Gasteiger partial charge in [0.1, 0.15) is 0 Å². The first-order chi connectivity index (χ1) is 12.3. The SMILES string of the molecule is O=C(Nc1cccc(-c2cccnc2)c1)[C@H]1CNC[C@@H]1c1cccs1. The molecule has 25 heavy (non-hydrogen) atoms. The number of carbonyl (C=O) groups is 1. The van der Waals surface area contributed by atoms with E-state index in [9.17, 15) is 4.79 Å². The third kappa shape index (κ3) is 3.48. The number of nitrogens with one attached hydrogen (secondary N) is 2. The van der Waals surface area contributed by atoms with Crippen LogP contribution < -0.4 is 10.6 Å². The van der Waals surface area contributed by atoms with Gasteiger partial charge in [0.15, 0.2) is 0 Å². The van der Waals surface area contributed by atoms with Crippen LogP contribution in [-0.4, -0.2) is 24.0 Å². The number of thiophene rings is 1. The Balaban J connectivity index is 1.51. The zero-order valence-corrected chi connectivity index (χ0v) is 14.5. The van der Waals surface area contributed by atoms with E-state index in [1.807, 2.05) is 48.7 Å². The first-order valence-corrected chi connectivity index (χ1v) is 9.25. The molecule has 1 saturated heterocycles. The molecule has 2 atom stereocenters. The van der Waals surface area contributed by atoms with Gasteiger partial charge in [-0.2, -0.15) is 0 Å². The number of rotatable bonds is 4. The molecule has 1 fully saturated rings. The highest BCUT2D eigenvalue weighted by Crippen LogP contribution is 2.32. The van der Waals surface area contributed by atoms with E-state index in [-0.39, 0.29) is 17.7 Å². The highest BCUT2D eigenvalue weighted by atomic mass is 32.1. The Morgan fingerprint density at radius 2 is 2.04 bits per heavy atom. The topological polar surface area (TPSA) is 54.0 Å². The summed E-state index contributed by atoms with van der Waals surface area (Å²) in [5, 5.41) is 8.51. The monoisotopic (exact) mass is 349 g/mol. The van der Waals surface area contributed by atoms with Crippen LogP contribution in [0.4, 0.5) is 5.69 Å². The zero-order valence-electron chi connectivity index (χ0n) is 13.7. The Labute approximate surface area is 150 Å². The second kappa shape index (κ2) is 7.17. The number of aromatic nitrogens is 1. The van der Waals surface area contributed by atoms with Crippen LogP contribution in [0, 0.1) is 5.92 Å². The van der Waals surface area contributed by atoms with Crippen molar-refractivity contribution in [1.82, 2.24) is 10.3 Å². The molecule has 0 spiro atoms. The number of carbonyl (C=O) groups excluding carboxylic acids is 1. The van der Waals surface area contributed by atoms with Crippen LogP contribution in [0.2, 0.25) is 0 Å². The van der Waals surface area contributed by atoms with E-state index in [2.05, 4.69) is 27.1 Å². The third-order valence-corrected chi connectivity index (χ3v) is 5.59. The maximum atomic E-state index is 12.8. The maximum absolute atomic E-state index is 12.8. The minimum Gasteiger partial charge on any atom is -0.326 e. The van der Waals surface area contributed by atoms with Crippen LogP contribution in [0.1, 0.15) is 10.8 Å². The summed E-state index contributed by atoms with van der Waals surface area (Å²) in [4.78, 5) is 18.2. The van der Waals surface area contributed by atoms with Gasteiger partial charge in [-0.1, -0.05) is 24.3 Å². The Bertz CT molecular complexity index is 848. The minimum absolute atomic E-state index is 0.0410. The standard InChI is InChI=1S/C20H19N3OS/c24-20(18-13-22-12-17(18)19-7-3-9-25-19)23-16-6-1-4-14(10-16)15-5-2-8-21-11-15/h1-11,17-18,22H,12-13H2,(H,23,24)/t17-,18-/m0/s1. The van der Waals surface area contributed by atoms with Crippen LogP contribution in [0.3, 0.4) is 0 Å². The van der Waals surface area contributed by atoms with Gasteiger partial charge < -0.3 is 10.6 Å². The van der Waals surface area contributed by atoms with Gasteiger partial charge in [0, 0.05) is 47.5 Å². The van der Waals surface area contributed by atoms with Crippen molar-refractivity contribution in [2.75, 3.05) is 18.4 Å². The normalized spacial score (nSPS) is 19.7. The second-order valence-corrected chi connectivity index (χ2v) is 7.18. The number of pyridine rings is 1. The first-order valence-electron chi connectivity index (χ1n) is 8.37. The van der Waals surface area contributed by atoms with Crippen molar-refractivity contribution in [3.8, 4) is 11.1 Å². The minimum atomic E-state index is -0.0410. The molecule has 1 aliphatic heterocycles. The van der Waals surface area contributed by atoms with Gasteiger partial charge in [0.25, 0.3) is 0 Å². The summed E-state index contributed by atoms with van der Waals surface area (Å²) < 4.78 is 0. The molecule has 5 heteroatoms. The molecule has 126 valence electrons. The van der Waals surface area contributed by atoms with Crippen molar-refractivity contribution in [3.63, 3.8) is 0 Å². The summed E-state index contributed by atoms with van der Waals surface area (Å²) in [5.74, 6) is 0.286. The fourth-order valence-corrected chi connectivity index (χ4v) is 4.19. The van der Waals surface area contributed by atoms with E-state index in [0.717, 1.165) is 29.9 Å². The lowest BCUT2D eigenvalue weighted by Gasteiger charge is -2.17. The smallest absolute Gasteiger partial charge is 0.229 e. The van der Waals surface area contributed by atoms with Crippen molar-refractivity contribution in [2.45, 2.75) is 5.92 Å². The van der Waals surface area contributed by atoms with Gasteiger partial charge in [0.05, 0.1) is 5.92 Å². The first kappa shape index (κ1) is 16.0. The molecule has 1 aromatic carbocycles.